The van der Waals surface area contributed by atoms with Gasteiger partial charge in [-0.1, -0.05) is 0 Å². The zero-order valence-corrected chi connectivity index (χ0v) is 21.1. The van der Waals surface area contributed by atoms with E-state index in [1.54, 1.807) is 6.07 Å². The summed E-state index contributed by atoms with van der Waals surface area (Å²) in [5.74, 6) is -0.291. The number of amides is 1. The van der Waals surface area contributed by atoms with Gasteiger partial charge in [0, 0.05) is 24.3 Å². The van der Waals surface area contributed by atoms with Crippen LogP contribution in [0.25, 0.3) is 0 Å². The smallest absolute Gasteiger partial charge is 0.257 e. The molecular formula is C23H37FN4O6S. The van der Waals surface area contributed by atoms with Crippen LogP contribution in [0.3, 0.4) is 0 Å². The zero-order valence-electron chi connectivity index (χ0n) is 20.3. The number of rotatable bonds is 19. The summed E-state index contributed by atoms with van der Waals surface area (Å²) < 4.78 is 40.1. The number of anilines is 1. The van der Waals surface area contributed by atoms with Crippen LogP contribution >= 0.6 is 11.8 Å². The van der Waals surface area contributed by atoms with Gasteiger partial charge in [0.15, 0.2) is 10.7 Å². The van der Waals surface area contributed by atoms with E-state index in [4.69, 9.17) is 29.4 Å². The largest absolute Gasteiger partial charge is 0.383 e. The van der Waals surface area contributed by atoms with E-state index in [9.17, 15) is 9.18 Å². The van der Waals surface area contributed by atoms with Crippen LogP contribution in [0.2, 0.25) is 0 Å². The Morgan fingerprint density at radius 3 is 2.09 bits per heavy atom. The third-order valence-electron chi connectivity index (χ3n) is 4.64. The number of benzene rings is 1. The first-order chi connectivity index (χ1) is 17.1. The molecule has 1 aliphatic heterocycles. The highest BCUT2D eigenvalue weighted by molar-refractivity contribution is 8.14. The summed E-state index contributed by atoms with van der Waals surface area (Å²) in [5, 5.41) is 6.23. The number of carbonyl (C=O) groups excluding carboxylic acids is 1. The molecule has 1 amide bonds. The fourth-order valence-corrected chi connectivity index (χ4v) is 3.64. The summed E-state index contributed by atoms with van der Waals surface area (Å²) >= 11 is 0.925. The van der Waals surface area contributed by atoms with Gasteiger partial charge in [-0.2, -0.15) is 0 Å². The van der Waals surface area contributed by atoms with Gasteiger partial charge >= 0.3 is 0 Å². The first-order valence-electron chi connectivity index (χ1n) is 11.7. The fraction of sp³-hybridized carbons (Fsp3) is 0.652. The van der Waals surface area contributed by atoms with Gasteiger partial charge in [0.05, 0.1) is 72.6 Å². The maximum Gasteiger partial charge on any atom is 0.257 e. The second kappa shape index (κ2) is 18.5. The number of ether oxygens (including phenoxy) is 5. The molecule has 0 aliphatic carbocycles. The van der Waals surface area contributed by atoms with Crippen LogP contribution < -0.4 is 16.4 Å². The highest BCUT2D eigenvalue weighted by atomic mass is 32.2. The van der Waals surface area contributed by atoms with Gasteiger partial charge in [-0.3, -0.25) is 9.79 Å². The summed E-state index contributed by atoms with van der Waals surface area (Å²) in [6.45, 7) is 8.25. The minimum absolute atomic E-state index is 0.0775. The molecule has 1 heterocycles. The van der Waals surface area contributed by atoms with Crippen LogP contribution in [0.5, 0.6) is 0 Å². The Balaban J connectivity index is 1.42. The summed E-state index contributed by atoms with van der Waals surface area (Å²) in [6, 6.07) is 5.45. The zero-order chi connectivity index (χ0) is 25.1. The molecule has 2 rings (SSSR count). The molecule has 4 N–H and O–H groups in total. The van der Waals surface area contributed by atoms with Crippen molar-refractivity contribution in [2.45, 2.75) is 12.4 Å². The quantitative estimate of drug-likeness (QED) is 0.235. The molecule has 35 heavy (non-hydrogen) atoms. The van der Waals surface area contributed by atoms with Gasteiger partial charge in [0.25, 0.3) is 5.91 Å². The number of hydrogen-bond donors (Lipinski definition) is 3. The van der Waals surface area contributed by atoms with Crippen molar-refractivity contribution in [1.82, 2.24) is 5.32 Å². The minimum atomic E-state index is -1.09. The van der Waals surface area contributed by atoms with Gasteiger partial charge in [-0.05, 0) is 42.4 Å². The lowest BCUT2D eigenvalue weighted by molar-refractivity contribution is -0.00985. The van der Waals surface area contributed by atoms with Gasteiger partial charge in [-0.15, -0.1) is 0 Å². The molecule has 1 unspecified atom stereocenters. The van der Waals surface area contributed by atoms with E-state index in [1.807, 2.05) is 19.1 Å². The standard InChI is InChI=1S/C23H37FN4O6S/c1-18-16-19(2-3-20(18)22(29)28-23-27-17-21(24)35-23)26-5-7-31-9-11-33-13-15-34-14-12-32-10-8-30-6-4-25/h2-3,16,21,26H,4-15,17,25H2,1H3,(H,27,28,29). The van der Waals surface area contributed by atoms with E-state index >= 15 is 0 Å². The Morgan fingerprint density at radius 1 is 1.00 bits per heavy atom. The second-order valence-electron chi connectivity index (χ2n) is 7.43. The molecule has 1 aliphatic rings. The van der Waals surface area contributed by atoms with Crippen molar-refractivity contribution in [3.63, 3.8) is 0 Å². The monoisotopic (exact) mass is 516 g/mol. The first-order valence-corrected chi connectivity index (χ1v) is 12.6. The molecule has 1 aromatic rings. The molecule has 10 nitrogen and oxygen atoms in total. The molecule has 198 valence electrons. The van der Waals surface area contributed by atoms with Crippen molar-refractivity contribution in [1.29, 1.82) is 0 Å². The van der Waals surface area contributed by atoms with E-state index in [1.165, 1.54) is 0 Å². The number of nitrogens with one attached hydrogen (secondary N) is 2. The average molecular weight is 517 g/mol. The minimum Gasteiger partial charge on any atom is -0.383 e. The van der Waals surface area contributed by atoms with Crippen LogP contribution in [-0.4, -0.2) is 102 Å². The number of hydrogen-bond acceptors (Lipinski definition) is 10. The lowest BCUT2D eigenvalue weighted by atomic mass is 10.1. The number of aliphatic imine (C=N–C) groups is 1. The van der Waals surface area contributed by atoms with E-state index < -0.39 is 5.50 Å². The van der Waals surface area contributed by atoms with Gasteiger partial charge in [0.2, 0.25) is 0 Å². The number of halogens is 1. The molecular weight excluding hydrogens is 479 g/mol. The summed E-state index contributed by atoms with van der Waals surface area (Å²) in [7, 11) is 0. The third-order valence-corrected chi connectivity index (χ3v) is 5.49. The van der Waals surface area contributed by atoms with Crippen LogP contribution in [0.4, 0.5) is 10.1 Å². The molecule has 0 radical (unpaired) electrons. The molecule has 0 fully saturated rings. The summed E-state index contributed by atoms with van der Waals surface area (Å²) in [4.78, 5) is 16.3. The van der Waals surface area contributed by atoms with Crippen molar-refractivity contribution in [3.05, 3.63) is 29.3 Å². The SMILES string of the molecule is Cc1cc(NCCOCCOCCOCCOCCOCCN)ccc1C(=O)NC1=NCC(F)S1. The van der Waals surface area contributed by atoms with E-state index in [0.717, 1.165) is 23.0 Å². The lowest BCUT2D eigenvalue weighted by Gasteiger charge is -2.11. The van der Waals surface area contributed by atoms with Crippen molar-refractivity contribution >= 4 is 28.5 Å². The van der Waals surface area contributed by atoms with Crippen LogP contribution in [0.15, 0.2) is 23.2 Å². The number of nitrogens with two attached hydrogens (primary N) is 1. The Morgan fingerprint density at radius 2 is 1.57 bits per heavy atom. The predicted octanol–water partition coefficient (Wildman–Crippen LogP) is 1.58. The Kier molecular flexibility index (Phi) is 15.5. The Hall–Kier alpha value is -1.80. The molecule has 0 bridgehead atoms. The van der Waals surface area contributed by atoms with Gasteiger partial charge in [-0.25, -0.2) is 4.39 Å². The van der Waals surface area contributed by atoms with Crippen molar-refractivity contribution < 1.29 is 32.9 Å². The molecule has 0 spiro atoms. The maximum atomic E-state index is 13.2. The molecule has 0 saturated carbocycles. The highest BCUT2D eigenvalue weighted by Gasteiger charge is 2.21. The Bertz CT molecular complexity index is 774. The highest BCUT2D eigenvalue weighted by Crippen LogP contribution is 2.21. The Labute approximate surface area is 210 Å². The molecule has 1 aromatic carbocycles. The van der Waals surface area contributed by atoms with E-state index in [-0.39, 0.29) is 12.5 Å². The van der Waals surface area contributed by atoms with E-state index in [2.05, 4.69) is 15.6 Å². The molecule has 0 aromatic heterocycles. The van der Waals surface area contributed by atoms with Crippen LogP contribution in [0, 0.1) is 6.92 Å². The predicted molar refractivity (Wildman–Crippen MR) is 135 cm³/mol. The van der Waals surface area contributed by atoms with Crippen molar-refractivity contribution in [2.75, 3.05) is 91.0 Å². The fourth-order valence-electron chi connectivity index (χ4n) is 2.94. The lowest BCUT2D eigenvalue weighted by Crippen LogP contribution is -2.28. The number of alkyl halides is 1. The molecule has 0 saturated heterocycles. The number of thioether (sulfide) groups is 1. The maximum absolute atomic E-state index is 13.2. The van der Waals surface area contributed by atoms with Crippen molar-refractivity contribution in [3.8, 4) is 0 Å². The number of nitrogens with zero attached hydrogens (tertiary/aromatic N) is 1. The molecule has 12 heteroatoms. The van der Waals surface area contributed by atoms with Crippen LogP contribution in [-0.2, 0) is 23.7 Å². The normalized spacial score (nSPS) is 15.3. The summed E-state index contributed by atoms with van der Waals surface area (Å²) in [6.07, 6.45) is 0. The number of aryl methyl sites for hydroxylation is 1. The van der Waals surface area contributed by atoms with Gasteiger partial charge in [0.1, 0.15) is 0 Å². The third kappa shape index (κ3) is 13.2. The van der Waals surface area contributed by atoms with Crippen molar-refractivity contribution in [2.24, 2.45) is 10.7 Å². The number of carbonyl (C=O) groups is 1. The first kappa shape index (κ1) is 29.4. The van der Waals surface area contributed by atoms with E-state index in [0.29, 0.717) is 89.9 Å². The average Bonchev–Trinajstić information content (AvgIpc) is 3.25. The topological polar surface area (TPSA) is 126 Å². The molecule has 1 atom stereocenters. The van der Waals surface area contributed by atoms with Gasteiger partial charge < -0.3 is 40.1 Å². The summed E-state index contributed by atoms with van der Waals surface area (Å²) in [5.41, 5.74) is 6.46. The number of amidine groups is 1. The van der Waals surface area contributed by atoms with Crippen LogP contribution in [0.1, 0.15) is 15.9 Å². The second-order valence-corrected chi connectivity index (χ2v) is 8.57.